The van der Waals surface area contributed by atoms with Gasteiger partial charge in [0.1, 0.15) is 11.5 Å². The second kappa shape index (κ2) is 10.3. The number of nitrogens with one attached hydrogen (secondary N) is 1. The standard InChI is InChI=1S/C19H21ClN2O4/c1-24-17-7-8-18(25-2)15(11-17)12-22-26-13-19(23)21-10-9-14-3-5-16(20)6-4-14/h3-8,11-12H,9-10,13H2,1-2H3,(H,21,23)/b22-12-. The van der Waals surface area contributed by atoms with Crippen LogP contribution < -0.4 is 14.8 Å². The highest BCUT2D eigenvalue weighted by Gasteiger charge is 2.04. The monoisotopic (exact) mass is 376 g/mol. The van der Waals surface area contributed by atoms with Gasteiger partial charge in [0.25, 0.3) is 5.91 Å². The minimum atomic E-state index is -0.242. The van der Waals surface area contributed by atoms with E-state index in [1.165, 1.54) is 6.21 Å². The molecule has 0 aromatic heterocycles. The molecule has 0 atom stereocenters. The molecule has 0 saturated carbocycles. The SMILES string of the molecule is COc1ccc(OC)c(/C=N\OCC(=O)NCCc2ccc(Cl)cc2)c1. The number of rotatable bonds is 9. The summed E-state index contributed by atoms with van der Waals surface area (Å²) in [5, 5.41) is 7.27. The van der Waals surface area contributed by atoms with Gasteiger partial charge in [-0.2, -0.15) is 0 Å². The number of halogens is 1. The smallest absolute Gasteiger partial charge is 0.260 e. The van der Waals surface area contributed by atoms with Crippen LogP contribution in [-0.2, 0) is 16.1 Å². The Labute approximate surface area is 157 Å². The van der Waals surface area contributed by atoms with Crippen molar-refractivity contribution in [2.45, 2.75) is 6.42 Å². The maximum Gasteiger partial charge on any atom is 0.260 e. The molecule has 0 saturated heterocycles. The molecule has 0 spiro atoms. The van der Waals surface area contributed by atoms with E-state index in [-0.39, 0.29) is 12.5 Å². The molecule has 7 heteroatoms. The minimum Gasteiger partial charge on any atom is -0.497 e. The average molecular weight is 377 g/mol. The topological polar surface area (TPSA) is 69.1 Å². The van der Waals surface area contributed by atoms with E-state index in [1.54, 1.807) is 32.4 Å². The van der Waals surface area contributed by atoms with Crippen LogP contribution in [0.25, 0.3) is 0 Å². The van der Waals surface area contributed by atoms with E-state index < -0.39 is 0 Å². The number of ether oxygens (including phenoxy) is 2. The second-order valence-corrected chi connectivity index (χ2v) is 5.78. The van der Waals surface area contributed by atoms with Gasteiger partial charge in [0.2, 0.25) is 0 Å². The Bertz CT molecular complexity index is 748. The van der Waals surface area contributed by atoms with Gasteiger partial charge in [-0.15, -0.1) is 0 Å². The predicted molar refractivity (Wildman–Crippen MR) is 101 cm³/mol. The van der Waals surface area contributed by atoms with Gasteiger partial charge in [0, 0.05) is 17.1 Å². The summed E-state index contributed by atoms with van der Waals surface area (Å²) >= 11 is 5.83. The first-order valence-electron chi connectivity index (χ1n) is 8.01. The molecular weight excluding hydrogens is 356 g/mol. The number of nitrogens with zero attached hydrogens (tertiary/aromatic N) is 1. The third-order valence-corrected chi connectivity index (χ3v) is 3.80. The number of oxime groups is 1. The van der Waals surface area contributed by atoms with E-state index >= 15 is 0 Å². The summed E-state index contributed by atoms with van der Waals surface area (Å²) in [4.78, 5) is 16.8. The van der Waals surface area contributed by atoms with Gasteiger partial charge >= 0.3 is 0 Å². The molecule has 138 valence electrons. The van der Waals surface area contributed by atoms with E-state index in [0.29, 0.717) is 35.1 Å². The first-order valence-corrected chi connectivity index (χ1v) is 8.38. The van der Waals surface area contributed by atoms with Gasteiger partial charge in [-0.3, -0.25) is 4.79 Å². The predicted octanol–water partition coefficient (Wildman–Crippen LogP) is 3.07. The third-order valence-electron chi connectivity index (χ3n) is 3.55. The number of carbonyl (C=O) groups excluding carboxylic acids is 1. The fraction of sp³-hybridized carbons (Fsp3) is 0.263. The summed E-state index contributed by atoms with van der Waals surface area (Å²) in [5.74, 6) is 1.06. The highest BCUT2D eigenvalue weighted by atomic mass is 35.5. The minimum absolute atomic E-state index is 0.163. The summed E-state index contributed by atoms with van der Waals surface area (Å²) in [6.45, 7) is 0.348. The molecule has 6 nitrogen and oxygen atoms in total. The zero-order valence-corrected chi connectivity index (χ0v) is 15.5. The Morgan fingerprint density at radius 3 is 2.62 bits per heavy atom. The number of benzene rings is 2. The Morgan fingerprint density at radius 2 is 1.92 bits per heavy atom. The van der Waals surface area contributed by atoms with Crippen LogP contribution in [0.3, 0.4) is 0 Å². The normalized spacial score (nSPS) is 10.6. The molecule has 0 radical (unpaired) electrons. The van der Waals surface area contributed by atoms with Crippen molar-refractivity contribution in [3.05, 3.63) is 58.6 Å². The van der Waals surface area contributed by atoms with Crippen LogP contribution >= 0.6 is 11.6 Å². The first kappa shape index (κ1) is 19.6. The molecule has 1 amide bonds. The average Bonchev–Trinajstić information content (AvgIpc) is 2.66. The number of carbonyl (C=O) groups is 1. The van der Waals surface area contributed by atoms with Crippen LogP contribution in [-0.4, -0.2) is 39.5 Å². The molecule has 0 unspecified atom stereocenters. The van der Waals surface area contributed by atoms with Crippen molar-refractivity contribution < 1.29 is 19.1 Å². The van der Waals surface area contributed by atoms with Crippen LogP contribution in [0.4, 0.5) is 0 Å². The summed E-state index contributed by atoms with van der Waals surface area (Å²) in [6, 6.07) is 12.8. The van der Waals surface area contributed by atoms with Crippen molar-refractivity contribution in [3.8, 4) is 11.5 Å². The van der Waals surface area contributed by atoms with E-state index in [1.807, 2.05) is 24.3 Å². The van der Waals surface area contributed by atoms with Crippen molar-refractivity contribution in [2.75, 3.05) is 27.4 Å². The molecule has 0 bridgehead atoms. The van der Waals surface area contributed by atoms with Crippen molar-refractivity contribution in [1.29, 1.82) is 0 Å². The maximum absolute atomic E-state index is 11.7. The highest BCUT2D eigenvalue weighted by Crippen LogP contribution is 2.22. The molecule has 2 rings (SSSR count). The van der Waals surface area contributed by atoms with Gasteiger partial charge in [0.15, 0.2) is 6.61 Å². The van der Waals surface area contributed by atoms with E-state index in [9.17, 15) is 4.79 Å². The molecular formula is C19H21ClN2O4. The van der Waals surface area contributed by atoms with Gasteiger partial charge in [-0.1, -0.05) is 28.9 Å². The Kier molecular flexibility index (Phi) is 7.76. The molecule has 1 N–H and O–H groups in total. The maximum atomic E-state index is 11.7. The van der Waals surface area contributed by atoms with Crippen molar-refractivity contribution in [3.63, 3.8) is 0 Å². The van der Waals surface area contributed by atoms with Crippen LogP contribution in [0.15, 0.2) is 47.6 Å². The number of hydrogen-bond acceptors (Lipinski definition) is 5. The van der Waals surface area contributed by atoms with Gasteiger partial charge in [0.05, 0.1) is 20.4 Å². The Balaban J connectivity index is 1.74. The molecule has 0 aliphatic heterocycles. The highest BCUT2D eigenvalue weighted by molar-refractivity contribution is 6.30. The number of hydrogen-bond donors (Lipinski definition) is 1. The molecule has 0 aliphatic rings. The number of methoxy groups -OCH3 is 2. The summed E-state index contributed by atoms with van der Waals surface area (Å²) < 4.78 is 10.4. The van der Waals surface area contributed by atoms with E-state index in [4.69, 9.17) is 25.9 Å². The molecule has 0 fully saturated rings. The lowest BCUT2D eigenvalue weighted by Crippen LogP contribution is -2.28. The summed E-state index contributed by atoms with van der Waals surface area (Å²) in [7, 11) is 3.14. The van der Waals surface area contributed by atoms with Gasteiger partial charge in [-0.25, -0.2) is 0 Å². The summed E-state index contributed by atoms with van der Waals surface area (Å²) in [5.41, 5.74) is 1.79. The fourth-order valence-corrected chi connectivity index (χ4v) is 2.30. The molecule has 0 heterocycles. The third kappa shape index (κ3) is 6.29. The van der Waals surface area contributed by atoms with Crippen molar-refractivity contribution in [1.82, 2.24) is 5.32 Å². The lowest BCUT2D eigenvalue weighted by atomic mass is 10.1. The van der Waals surface area contributed by atoms with Crippen LogP contribution in [0.2, 0.25) is 5.02 Å². The molecule has 2 aromatic rings. The zero-order valence-electron chi connectivity index (χ0n) is 14.7. The van der Waals surface area contributed by atoms with E-state index in [0.717, 1.165) is 5.56 Å². The van der Waals surface area contributed by atoms with Crippen LogP contribution in [0.5, 0.6) is 11.5 Å². The lowest BCUT2D eigenvalue weighted by Gasteiger charge is -2.07. The fourth-order valence-electron chi connectivity index (χ4n) is 2.18. The van der Waals surface area contributed by atoms with Crippen LogP contribution in [0.1, 0.15) is 11.1 Å². The second-order valence-electron chi connectivity index (χ2n) is 5.34. The van der Waals surface area contributed by atoms with Crippen LogP contribution in [0, 0.1) is 0 Å². The summed E-state index contributed by atoms with van der Waals surface area (Å²) in [6.07, 6.45) is 2.19. The van der Waals surface area contributed by atoms with Gasteiger partial charge < -0.3 is 19.6 Å². The quantitative estimate of drug-likeness (QED) is 0.539. The Hall–Kier alpha value is -2.73. The Morgan fingerprint density at radius 1 is 1.15 bits per heavy atom. The van der Waals surface area contributed by atoms with Crippen molar-refractivity contribution in [2.24, 2.45) is 5.16 Å². The van der Waals surface area contributed by atoms with Crippen molar-refractivity contribution >= 4 is 23.7 Å². The molecule has 26 heavy (non-hydrogen) atoms. The lowest BCUT2D eigenvalue weighted by molar-refractivity contribution is -0.125. The molecule has 0 aliphatic carbocycles. The molecule has 2 aromatic carbocycles. The first-order chi connectivity index (χ1) is 12.6. The largest absolute Gasteiger partial charge is 0.497 e. The zero-order chi connectivity index (χ0) is 18.8. The van der Waals surface area contributed by atoms with E-state index in [2.05, 4.69) is 10.5 Å². The number of amides is 1. The van der Waals surface area contributed by atoms with Gasteiger partial charge in [-0.05, 0) is 42.3 Å².